The van der Waals surface area contributed by atoms with Gasteiger partial charge in [-0.05, 0) is 48.6 Å². The van der Waals surface area contributed by atoms with Gasteiger partial charge < -0.3 is 16.0 Å². The van der Waals surface area contributed by atoms with Crippen molar-refractivity contribution in [2.24, 2.45) is 0 Å². The molecule has 4 nitrogen and oxygen atoms in total. The first-order valence-corrected chi connectivity index (χ1v) is 9.89. The molecule has 27 heavy (non-hydrogen) atoms. The fraction of sp³-hybridized carbons (Fsp3) is 0.125. The van der Waals surface area contributed by atoms with Crippen molar-refractivity contribution in [2.45, 2.75) is 9.96 Å². The summed E-state index contributed by atoms with van der Waals surface area (Å²) in [4.78, 5) is 12.4. The van der Waals surface area contributed by atoms with Crippen LogP contribution in [0.1, 0.15) is 10.4 Å². The van der Waals surface area contributed by atoms with Gasteiger partial charge in [-0.15, -0.1) is 0 Å². The Balaban J connectivity index is 2.11. The predicted octanol–water partition coefficient (Wildman–Crippen LogP) is 6.06. The zero-order valence-corrected chi connectivity index (χ0v) is 18.6. The van der Waals surface area contributed by atoms with E-state index >= 15 is 0 Å². The molecule has 0 aromatic heterocycles. The molecule has 2 aromatic carbocycles. The highest BCUT2D eigenvalue weighted by molar-refractivity contribution is 7.80. The van der Waals surface area contributed by atoms with Crippen molar-refractivity contribution < 1.29 is 4.79 Å². The summed E-state index contributed by atoms with van der Waals surface area (Å²) in [5, 5.41) is 9.40. The lowest BCUT2D eigenvalue weighted by Gasteiger charge is -2.28. The summed E-state index contributed by atoms with van der Waals surface area (Å²) in [6.45, 7) is 0. The smallest absolute Gasteiger partial charge is 0.253 e. The molecule has 1 atom stereocenters. The molecule has 2 aromatic rings. The molecule has 0 aliphatic carbocycles. The largest absolute Gasteiger partial charge is 0.339 e. The molecule has 11 heteroatoms. The van der Waals surface area contributed by atoms with Gasteiger partial charge in [0.05, 0.1) is 10.7 Å². The van der Waals surface area contributed by atoms with E-state index in [9.17, 15) is 4.79 Å². The number of thiocarbonyl (C=S) groups is 1. The first kappa shape index (κ1) is 22.6. The van der Waals surface area contributed by atoms with E-state index in [0.717, 1.165) is 0 Å². The number of benzene rings is 2. The maximum atomic E-state index is 12.4. The van der Waals surface area contributed by atoms with Crippen molar-refractivity contribution in [3.05, 3.63) is 63.1 Å². The molecule has 0 saturated carbocycles. The number of hydrogen-bond donors (Lipinski definition) is 3. The Morgan fingerprint density at radius 1 is 0.963 bits per heavy atom. The van der Waals surface area contributed by atoms with Crippen molar-refractivity contribution >= 4 is 98.5 Å². The van der Waals surface area contributed by atoms with Gasteiger partial charge in [0.15, 0.2) is 5.11 Å². The molecule has 1 amide bonds. The van der Waals surface area contributed by atoms with Crippen LogP contribution in [-0.4, -0.2) is 21.0 Å². The average Bonchev–Trinajstić information content (AvgIpc) is 2.56. The minimum absolute atomic E-state index is 0.0573. The summed E-state index contributed by atoms with van der Waals surface area (Å²) < 4.78 is -1.90. The zero-order chi connectivity index (χ0) is 20.2. The maximum Gasteiger partial charge on any atom is 0.253 e. The number of halogens is 6. The summed E-state index contributed by atoms with van der Waals surface area (Å²) in [5.74, 6) is -0.509. The van der Waals surface area contributed by atoms with Crippen LogP contribution in [0.25, 0.3) is 0 Å². The first-order valence-electron chi connectivity index (χ1n) is 7.22. The molecule has 0 aliphatic heterocycles. The van der Waals surface area contributed by atoms with E-state index in [1.165, 1.54) is 6.07 Å². The molecule has 0 unspecified atom stereocenters. The molecule has 144 valence electrons. The summed E-state index contributed by atoms with van der Waals surface area (Å²) >= 11 is 41.0. The van der Waals surface area contributed by atoms with E-state index in [4.69, 9.17) is 81.8 Å². The van der Waals surface area contributed by atoms with E-state index in [1.807, 2.05) is 0 Å². The number of rotatable bonds is 4. The summed E-state index contributed by atoms with van der Waals surface area (Å²) in [5.41, 5.74) is 0.742. The molecule has 0 saturated heterocycles. The van der Waals surface area contributed by atoms with Gasteiger partial charge in [-0.1, -0.05) is 75.7 Å². The Bertz CT molecular complexity index is 858. The van der Waals surface area contributed by atoms with Crippen molar-refractivity contribution in [3.63, 3.8) is 0 Å². The number of hydrogen-bond acceptors (Lipinski definition) is 2. The Morgan fingerprint density at radius 3 is 2.26 bits per heavy atom. The standard InChI is InChI=1S/C16H11Cl6N3OS/c17-9-3-1-2-8(6-9)13(26)24-14(16(20,21)22)25-15(27)23-12-7-10(18)4-5-11(12)19/h1-7,14H,(H,24,26)(H2,23,25,27)/t14-/m1/s1. The van der Waals surface area contributed by atoms with Gasteiger partial charge in [0, 0.05) is 15.6 Å². The minimum Gasteiger partial charge on any atom is -0.339 e. The van der Waals surface area contributed by atoms with E-state index in [2.05, 4.69) is 16.0 Å². The van der Waals surface area contributed by atoms with Gasteiger partial charge in [0.25, 0.3) is 5.91 Å². The second kappa shape index (κ2) is 9.70. The fourth-order valence-electron chi connectivity index (χ4n) is 1.93. The Hall–Kier alpha value is -0.660. The fourth-order valence-corrected chi connectivity index (χ4v) is 3.01. The van der Waals surface area contributed by atoms with Crippen LogP contribution in [-0.2, 0) is 0 Å². The minimum atomic E-state index is -1.90. The van der Waals surface area contributed by atoms with Crippen LogP contribution >= 0.6 is 81.8 Å². The van der Waals surface area contributed by atoms with Crippen molar-refractivity contribution in [3.8, 4) is 0 Å². The average molecular weight is 506 g/mol. The van der Waals surface area contributed by atoms with E-state index in [0.29, 0.717) is 26.3 Å². The third-order valence-electron chi connectivity index (χ3n) is 3.14. The van der Waals surface area contributed by atoms with Crippen LogP contribution in [0.15, 0.2) is 42.5 Å². The van der Waals surface area contributed by atoms with Crippen molar-refractivity contribution in [1.82, 2.24) is 10.6 Å². The highest BCUT2D eigenvalue weighted by Crippen LogP contribution is 2.30. The molecule has 0 heterocycles. The Labute approximate surface area is 191 Å². The number of amides is 1. The molecule has 0 fully saturated rings. The van der Waals surface area contributed by atoms with Crippen LogP contribution in [0.5, 0.6) is 0 Å². The molecule has 0 radical (unpaired) electrons. The summed E-state index contributed by atoms with van der Waals surface area (Å²) in [6, 6.07) is 11.1. The molecular weight excluding hydrogens is 495 g/mol. The normalized spacial score (nSPS) is 12.2. The van der Waals surface area contributed by atoms with Crippen LogP contribution in [0.2, 0.25) is 15.1 Å². The number of nitrogens with one attached hydrogen (secondary N) is 3. The van der Waals surface area contributed by atoms with Gasteiger partial charge in [0.1, 0.15) is 6.17 Å². The third-order valence-corrected chi connectivity index (χ3v) is 4.82. The van der Waals surface area contributed by atoms with Crippen LogP contribution in [0, 0.1) is 0 Å². The molecule has 2 rings (SSSR count). The number of alkyl halides is 3. The topological polar surface area (TPSA) is 53.2 Å². The zero-order valence-electron chi connectivity index (χ0n) is 13.2. The highest BCUT2D eigenvalue weighted by Gasteiger charge is 2.35. The van der Waals surface area contributed by atoms with Gasteiger partial charge >= 0.3 is 0 Å². The lowest BCUT2D eigenvalue weighted by molar-refractivity contribution is 0.0934. The predicted molar refractivity (Wildman–Crippen MR) is 119 cm³/mol. The monoisotopic (exact) mass is 503 g/mol. The summed E-state index contributed by atoms with van der Waals surface area (Å²) in [7, 11) is 0. The lowest BCUT2D eigenvalue weighted by atomic mass is 10.2. The SMILES string of the molecule is O=C(N[C@H](NC(=S)Nc1cc(Cl)ccc1Cl)C(Cl)(Cl)Cl)c1cccc(Cl)c1. The van der Waals surface area contributed by atoms with Crippen LogP contribution < -0.4 is 16.0 Å². The highest BCUT2D eigenvalue weighted by atomic mass is 35.6. The molecule has 0 bridgehead atoms. The van der Waals surface area contributed by atoms with Gasteiger partial charge in [-0.3, -0.25) is 4.79 Å². The molecule has 0 spiro atoms. The molecular formula is C16H11Cl6N3OS. The van der Waals surface area contributed by atoms with Crippen molar-refractivity contribution in [1.29, 1.82) is 0 Å². The van der Waals surface area contributed by atoms with E-state index in [-0.39, 0.29) is 5.11 Å². The summed E-state index contributed by atoms with van der Waals surface area (Å²) in [6.07, 6.45) is -1.15. The lowest BCUT2D eigenvalue weighted by Crippen LogP contribution is -2.56. The first-order chi connectivity index (χ1) is 12.6. The van der Waals surface area contributed by atoms with Gasteiger partial charge in [-0.2, -0.15) is 0 Å². The van der Waals surface area contributed by atoms with Gasteiger partial charge in [0.2, 0.25) is 3.79 Å². The van der Waals surface area contributed by atoms with Gasteiger partial charge in [-0.25, -0.2) is 0 Å². The second-order valence-electron chi connectivity index (χ2n) is 5.18. The second-order valence-corrected chi connectivity index (χ2v) is 9.24. The van der Waals surface area contributed by atoms with Crippen molar-refractivity contribution in [2.75, 3.05) is 5.32 Å². The third kappa shape index (κ3) is 7.02. The number of carbonyl (C=O) groups is 1. The van der Waals surface area contributed by atoms with E-state index in [1.54, 1.807) is 36.4 Å². The number of carbonyl (C=O) groups excluding carboxylic acids is 1. The van der Waals surface area contributed by atoms with Crippen LogP contribution in [0.3, 0.4) is 0 Å². The van der Waals surface area contributed by atoms with E-state index < -0.39 is 15.9 Å². The number of anilines is 1. The van der Waals surface area contributed by atoms with Crippen LogP contribution in [0.4, 0.5) is 5.69 Å². The maximum absolute atomic E-state index is 12.4. The molecule has 0 aliphatic rings. The quantitative estimate of drug-likeness (QED) is 0.268. The molecule has 3 N–H and O–H groups in total. The Kier molecular flexibility index (Phi) is 8.13. The Morgan fingerprint density at radius 2 is 1.63 bits per heavy atom.